The third-order valence-electron chi connectivity index (χ3n) is 7.80. The first-order valence-corrected chi connectivity index (χ1v) is 14.6. The van der Waals surface area contributed by atoms with Crippen LogP contribution in [0.5, 0.6) is 5.75 Å². The second-order valence-electron chi connectivity index (χ2n) is 11.5. The van der Waals surface area contributed by atoms with Crippen LogP contribution in [-0.4, -0.2) is 11.0 Å². The number of hydrogen-bond donors (Lipinski definition) is 2. The summed E-state index contributed by atoms with van der Waals surface area (Å²) in [5.74, 6) is -1.32. The highest BCUT2D eigenvalue weighted by atomic mass is 79.9. The Morgan fingerprint density at radius 2 is 1.21 bits per heavy atom. The van der Waals surface area contributed by atoms with E-state index in [1.807, 2.05) is 93.6 Å². The van der Waals surface area contributed by atoms with Crippen LogP contribution in [-0.2, 0) is 10.8 Å². The van der Waals surface area contributed by atoms with Crippen LogP contribution in [0.1, 0.15) is 64.5 Å². The van der Waals surface area contributed by atoms with Crippen molar-refractivity contribution in [3.63, 3.8) is 0 Å². The van der Waals surface area contributed by atoms with E-state index in [2.05, 4.69) is 57.6 Å². The lowest BCUT2D eigenvalue weighted by molar-refractivity contribution is 0.102. The summed E-state index contributed by atoms with van der Waals surface area (Å²) in [5, 5.41) is 13.9. The summed E-state index contributed by atoms with van der Waals surface area (Å²) >= 11 is 3.70. The number of nitrogens with one attached hydrogen (secondary N) is 1. The number of benzene rings is 5. The number of anilines is 1. The molecule has 42 heavy (non-hydrogen) atoms. The molecule has 3 nitrogen and oxygen atoms in total. The molecule has 0 heterocycles. The molecule has 0 aliphatic heterocycles. The minimum absolute atomic E-state index is 0.0666. The van der Waals surface area contributed by atoms with Crippen molar-refractivity contribution in [1.29, 1.82) is 0 Å². The van der Waals surface area contributed by atoms with Crippen LogP contribution in [0.15, 0.2) is 120 Å². The molecule has 0 aliphatic rings. The Morgan fingerprint density at radius 3 is 1.64 bits per heavy atom. The summed E-state index contributed by atoms with van der Waals surface area (Å²) in [6, 6.07) is 38.2. The number of carbonyl (C=O) groups excluding carboxylic acids is 1. The van der Waals surface area contributed by atoms with Crippen LogP contribution in [0.3, 0.4) is 0 Å². The summed E-state index contributed by atoms with van der Waals surface area (Å²) in [6.07, 6.45) is 0. The first-order chi connectivity index (χ1) is 20.0. The molecular formula is C37H33BrFNO2. The van der Waals surface area contributed by atoms with E-state index < -0.39 is 22.6 Å². The fourth-order valence-corrected chi connectivity index (χ4v) is 6.16. The molecule has 0 atom stereocenters. The van der Waals surface area contributed by atoms with Crippen molar-refractivity contribution >= 4 is 27.5 Å². The molecule has 0 spiro atoms. The minimum Gasteiger partial charge on any atom is -0.507 e. The normalized spacial score (nSPS) is 11.8. The SMILES string of the molecule is Cc1c(F)cc(C(C)(C)C)c(O)c1C(=O)Nc1ccc(C(c2ccccc2)(c2ccccc2)c2ccccc2)cc1Br. The minimum atomic E-state index is -0.645. The van der Waals surface area contributed by atoms with E-state index in [-0.39, 0.29) is 16.9 Å². The van der Waals surface area contributed by atoms with Gasteiger partial charge in [-0.3, -0.25) is 4.79 Å². The Labute approximate surface area is 255 Å². The van der Waals surface area contributed by atoms with E-state index in [0.29, 0.717) is 15.7 Å². The highest BCUT2D eigenvalue weighted by Crippen LogP contribution is 2.46. The van der Waals surface area contributed by atoms with Gasteiger partial charge < -0.3 is 10.4 Å². The van der Waals surface area contributed by atoms with Gasteiger partial charge in [-0.05, 0) is 68.7 Å². The molecular weight excluding hydrogens is 589 g/mol. The van der Waals surface area contributed by atoms with Gasteiger partial charge in [0, 0.05) is 15.6 Å². The summed E-state index contributed by atoms with van der Waals surface area (Å²) in [7, 11) is 0. The van der Waals surface area contributed by atoms with Crippen LogP contribution in [0, 0.1) is 12.7 Å². The van der Waals surface area contributed by atoms with Gasteiger partial charge in [0.1, 0.15) is 11.6 Å². The zero-order valence-corrected chi connectivity index (χ0v) is 25.7. The van der Waals surface area contributed by atoms with Gasteiger partial charge in [-0.15, -0.1) is 0 Å². The zero-order chi connectivity index (χ0) is 30.1. The van der Waals surface area contributed by atoms with Crippen molar-refractivity contribution in [2.45, 2.75) is 38.5 Å². The average molecular weight is 623 g/mol. The number of halogens is 2. The zero-order valence-electron chi connectivity index (χ0n) is 24.1. The summed E-state index contributed by atoms with van der Waals surface area (Å²) < 4.78 is 15.6. The molecule has 5 heteroatoms. The van der Waals surface area contributed by atoms with Crippen LogP contribution in [0.2, 0.25) is 0 Å². The van der Waals surface area contributed by atoms with Crippen LogP contribution >= 0.6 is 15.9 Å². The molecule has 0 bridgehead atoms. The van der Waals surface area contributed by atoms with Gasteiger partial charge in [0.05, 0.1) is 16.7 Å². The van der Waals surface area contributed by atoms with Crippen molar-refractivity contribution in [2.24, 2.45) is 0 Å². The monoisotopic (exact) mass is 621 g/mol. The Morgan fingerprint density at radius 1 is 0.738 bits per heavy atom. The molecule has 0 unspecified atom stereocenters. The van der Waals surface area contributed by atoms with Crippen molar-refractivity contribution in [3.8, 4) is 5.75 Å². The Hall–Kier alpha value is -4.22. The number of hydrogen-bond acceptors (Lipinski definition) is 2. The molecule has 5 aromatic rings. The quantitative estimate of drug-likeness (QED) is 0.185. The molecule has 5 rings (SSSR count). The molecule has 0 aromatic heterocycles. The van der Waals surface area contributed by atoms with E-state index in [1.165, 1.54) is 13.0 Å². The smallest absolute Gasteiger partial charge is 0.259 e. The van der Waals surface area contributed by atoms with Gasteiger partial charge in [-0.2, -0.15) is 0 Å². The molecule has 2 N–H and O–H groups in total. The van der Waals surface area contributed by atoms with E-state index in [9.17, 15) is 14.3 Å². The molecule has 1 amide bonds. The average Bonchev–Trinajstić information content (AvgIpc) is 2.98. The highest BCUT2D eigenvalue weighted by Gasteiger charge is 2.38. The topological polar surface area (TPSA) is 49.3 Å². The maximum absolute atomic E-state index is 14.9. The third kappa shape index (κ3) is 5.25. The lowest BCUT2D eigenvalue weighted by atomic mass is 9.65. The predicted octanol–water partition coefficient (Wildman–Crippen LogP) is 9.53. The summed E-state index contributed by atoms with van der Waals surface area (Å²) in [4.78, 5) is 13.5. The van der Waals surface area contributed by atoms with E-state index in [1.54, 1.807) is 0 Å². The number of amides is 1. The van der Waals surface area contributed by atoms with E-state index in [0.717, 1.165) is 22.3 Å². The fraction of sp³-hybridized carbons (Fsp3) is 0.162. The second kappa shape index (κ2) is 11.6. The third-order valence-corrected chi connectivity index (χ3v) is 8.46. The molecule has 0 fully saturated rings. The van der Waals surface area contributed by atoms with Gasteiger partial charge in [0.2, 0.25) is 0 Å². The molecule has 0 saturated heterocycles. The predicted molar refractivity (Wildman–Crippen MR) is 172 cm³/mol. The molecule has 0 saturated carbocycles. The summed E-state index contributed by atoms with van der Waals surface area (Å²) in [6.45, 7) is 7.10. The molecule has 212 valence electrons. The maximum atomic E-state index is 14.9. The lowest BCUT2D eigenvalue weighted by Crippen LogP contribution is -2.31. The van der Waals surface area contributed by atoms with Crippen LogP contribution < -0.4 is 5.32 Å². The van der Waals surface area contributed by atoms with Gasteiger partial charge in [0.25, 0.3) is 5.91 Å². The first-order valence-electron chi connectivity index (χ1n) is 13.9. The highest BCUT2D eigenvalue weighted by molar-refractivity contribution is 9.10. The lowest BCUT2D eigenvalue weighted by Gasteiger charge is -2.37. The number of rotatable bonds is 6. The second-order valence-corrected chi connectivity index (χ2v) is 12.4. The van der Waals surface area contributed by atoms with Gasteiger partial charge in [-0.25, -0.2) is 4.39 Å². The number of phenols is 1. The van der Waals surface area contributed by atoms with Crippen LogP contribution in [0.25, 0.3) is 0 Å². The van der Waals surface area contributed by atoms with Crippen LogP contribution in [0.4, 0.5) is 10.1 Å². The number of phenolic OH excluding ortho intramolecular Hbond substituents is 1. The van der Waals surface area contributed by atoms with Crippen molar-refractivity contribution < 1.29 is 14.3 Å². The van der Waals surface area contributed by atoms with Gasteiger partial charge in [-0.1, -0.05) is 118 Å². The van der Waals surface area contributed by atoms with Crippen molar-refractivity contribution in [3.05, 3.63) is 164 Å². The first kappa shape index (κ1) is 29.3. The van der Waals surface area contributed by atoms with Gasteiger partial charge in [0.15, 0.2) is 0 Å². The van der Waals surface area contributed by atoms with Crippen molar-refractivity contribution in [1.82, 2.24) is 0 Å². The molecule has 0 radical (unpaired) electrons. The summed E-state index contributed by atoms with van der Waals surface area (Å²) in [5.41, 5.74) is 4.01. The van der Waals surface area contributed by atoms with E-state index in [4.69, 9.17) is 0 Å². The van der Waals surface area contributed by atoms with E-state index >= 15 is 0 Å². The Kier molecular flexibility index (Phi) is 8.07. The molecule has 5 aromatic carbocycles. The number of aromatic hydroxyl groups is 1. The Balaban J connectivity index is 1.64. The standard InChI is InChI=1S/C37H33BrFNO2/c1-24-31(39)23-29(36(2,3)4)34(41)33(24)35(42)40-32-21-20-28(22-30(32)38)37(25-14-8-5-9-15-25,26-16-10-6-11-17-26)27-18-12-7-13-19-27/h5-23,41H,1-4H3,(H,40,42). The Bertz CT molecular complexity index is 1630. The van der Waals surface area contributed by atoms with Crippen molar-refractivity contribution in [2.75, 3.05) is 5.32 Å². The maximum Gasteiger partial charge on any atom is 0.259 e. The molecule has 0 aliphatic carbocycles. The largest absolute Gasteiger partial charge is 0.507 e. The van der Waals surface area contributed by atoms with Gasteiger partial charge >= 0.3 is 0 Å². The number of carbonyl (C=O) groups is 1. The fourth-order valence-electron chi connectivity index (χ4n) is 5.68.